The zero-order chi connectivity index (χ0) is 18.5. The van der Waals surface area contributed by atoms with Crippen LogP contribution in [0.1, 0.15) is 16.1 Å². The van der Waals surface area contributed by atoms with E-state index in [1.165, 1.54) is 6.20 Å². The summed E-state index contributed by atoms with van der Waals surface area (Å²) in [4.78, 5) is 16.5. The van der Waals surface area contributed by atoms with Gasteiger partial charge in [0.15, 0.2) is 0 Å². The van der Waals surface area contributed by atoms with Gasteiger partial charge in [-0.3, -0.25) is 4.79 Å². The second-order valence-corrected chi connectivity index (χ2v) is 6.14. The molecule has 26 heavy (non-hydrogen) atoms. The third-order valence-electron chi connectivity index (χ3n) is 3.50. The minimum absolute atomic E-state index is 0.223. The first kappa shape index (κ1) is 17.7. The maximum Gasteiger partial charge on any atom is 0.274 e. The van der Waals surface area contributed by atoms with Crippen molar-refractivity contribution in [2.75, 3.05) is 10.6 Å². The Bertz CT molecular complexity index is 997. The van der Waals surface area contributed by atoms with Gasteiger partial charge >= 0.3 is 0 Å². The molecule has 1 heterocycles. The fraction of sp³-hybridized carbons (Fsp3) is 0. The Balaban J connectivity index is 1.74. The fourth-order valence-electron chi connectivity index (χ4n) is 2.23. The highest BCUT2D eigenvalue weighted by Crippen LogP contribution is 2.28. The van der Waals surface area contributed by atoms with Crippen molar-refractivity contribution in [2.24, 2.45) is 0 Å². The van der Waals surface area contributed by atoms with Crippen molar-refractivity contribution in [1.82, 2.24) is 4.98 Å². The second-order valence-electron chi connectivity index (χ2n) is 5.29. The van der Waals surface area contributed by atoms with Crippen LogP contribution >= 0.6 is 23.2 Å². The summed E-state index contributed by atoms with van der Waals surface area (Å²) in [6, 6.07) is 17.2. The summed E-state index contributed by atoms with van der Waals surface area (Å²) < 4.78 is 0. The van der Waals surface area contributed by atoms with Gasteiger partial charge in [0.25, 0.3) is 5.91 Å². The van der Waals surface area contributed by atoms with E-state index in [0.717, 1.165) is 0 Å². The molecule has 0 saturated heterocycles. The first-order valence-electron chi connectivity index (χ1n) is 7.55. The van der Waals surface area contributed by atoms with Crippen molar-refractivity contribution in [1.29, 1.82) is 5.26 Å². The van der Waals surface area contributed by atoms with Crippen LogP contribution in [0.2, 0.25) is 10.0 Å². The molecule has 0 aliphatic carbocycles. The van der Waals surface area contributed by atoms with Crippen LogP contribution in [-0.4, -0.2) is 10.9 Å². The number of carbonyl (C=O) groups excluding carboxylic acids is 1. The number of hydrogen-bond donors (Lipinski definition) is 2. The normalized spacial score (nSPS) is 10.0. The van der Waals surface area contributed by atoms with Crippen LogP contribution in [-0.2, 0) is 0 Å². The Morgan fingerprint density at radius 2 is 1.85 bits per heavy atom. The fourth-order valence-corrected chi connectivity index (χ4v) is 2.56. The highest BCUT2D eigenvalue weighted by molar-refractivity contribution is 6.35. The van der Waals surface area contributed by atoms with E-state index in [4.69, 9.17) is 28.5 Å². The molecule has 3 aromatic rings. The number of rotatable bonds is 4. The van der Waals surface area contributed by atoms with E-state index in [2.05, 4.69) is 15.6 Å². The van der Waals surface area contributed by atoms with Crippen molar-refractivity contribution < 1.29 is 4.79 Å². The Labute approximate surface area is 160 Å². The number of pyridine rings is 1. The Morgan fingerprint density at radius 3 is 2.58 bits per heavy atom. The molecule has 0 unspecified atom stereocenters. The maximum absolute atomic E-state index is 12.3. The van der Waals surface area contributed by atoms with Gasteiger partial charge in [0.1, 0.15) is 11.8 Å². The van der Waals surface area contributed by atoms with E-state index in [-0.39, 0.29) is 5.69 Å². The number of benzene rings is 2. The number of amides is 1. The van der Waals surface area contributed by atoms with Gasteiger partial charge in [-0.2, -0.15) is 5.26 Å². The van der Waals surface area contributed by atoms with E-state index in [1.807, 2.05) is 6.07 Å². The summed E-state index contributed by atoms with van der Waals surface area (Å²) in [6.07, 6.45) is 1.52. The minimum atomic E-state index is -0.403. The summed E-state index contributed by atoms with van der Waals surface area (Å²) in [5.41, 5.74) is 2.34. The van der Waals surface area contributed by atoms with Crippen LogP contribution < -0.4 is 10.6 Å². The van der Waals surface area contributed by atoms with Gasteiger partial charge < -0.3 is 10.6 Å². The van der Waals surface area contributed by atoms with E-state index < -0.39 is 5.91 Å². The molecule has 1 aromatic heterocycles. The van der Waals surface area contributed by atoms with E-state index >= 15 is 0 Å². The molecule has 0 spiro atoms. The number of carbonyl (C=O) groups is 1. The molecule has 128 valence electrons. The van der Waals surface area contributed by atoms with Gasteiger partial charge in [-0.25, -0.2) is 4.98 Å². The first-order chi connectivity index (χ1) is 12.6. The summed E-state index contributed by atoms with van der Waals surface area (Å²) in [6.45, 7) is 0. The van der Waals surface area contributed by atoms with Gasteiger partial charge in [-0.1, -0.05) is 35.3 Å². The number of nitrogens with one attached hydrogen (secondary N) is 2. The van der Waals surface area contributed by atoms with Crippen molar-refractivity contribution in [3.63, 3.8) is 0 Å². The van der Waals surface area contributed by atoms with Crippen molar-refractivity contribution in [3.8, 4) is 6.07 Å². The summed E-state index contributed by atoms with van der Waals surface area (Å²) >= 11 is 12.1. The molecule has 3 rings (SSSR count). The number of nitriles is 1. The molecule has 0 saturated carbocycles. The summed E-state index contributed by atoms with van der Waals surface area (Å²) in [5.74, 6) is -0.403. The van der Waals surface area contributed by atoms with E-state index in [1.54, 1.807) is 54.6 Å². The number of halogens is 2. The molecule has 0 atom stereocenters. The molecule has 2 aromatic carbocycles. The van der Waals surface area contributed by atoms with Gasteiger partial charge in [-0.15, -0.1) is 0 Å². The second kappa shape index (κ2) is 7.87. The smallest absolute Gasteiger partial charge is 0.274 e. The van der Waals surface area contributed by atoms with Gasteiger partial charge in [0.2, 0.25) is 0 Å². The zero-order valence-corrected chi connectivity index (χ0v) is 14.8. The average Bonchev–Trinajstić information content (AvgIpc) is 2.65. The van der Waals surface area contributed by atoms with Crippen LogP contribution in [0.25, 0.3) is 0 Å². The Kier molecular flexibility index (Phi) is 5.37. The van der Waals surface area contributed by atoms with Crippen LogP contribution in [0.3, 0.4) is 0 Å². The Morgan fingerprint density at radius 1 is 1.04 bits per heavy atom. The first-order valence-corrected chi connectivity index (χ1v) is 8.31. The highest BCUT2D eigenvalue weighted by atomic mass is 35.5. The lowest BCUT2D eigenvalue weighted by molar-refractivity contribution is 0.102. The molecule has 0 aliphatic heterocycles. The molecule has 0 radical (unpaired) electrons. The number of para-hydroxylation sites is 1. The average molecular weight is 383 g/mol. The molecule has 7 heteroatoms. The predicted octanol–water partition coefficient (Wildman–Crippen LogP) is 5.26. The van der Waals surface area contributed by atoms with Crippen molar-refractivity contribution in [2.45, 2.75) is 0 Å². The molecular formula is C19H12Cl2N4O. The molecule has 0 fully saturated rings. The number of anilines is 3. The van der Waals surface area contributed by atoms with E-state index in [0.29, 0.717) is 32.7 Å². The standard InChI is InChI=1S/C19H12Cl2N4O/c20-13-5-7-15(21)18(9-13)24-14-6-8-17(23-11-14)19(26)25-16-4-2-1-3-12(16)10-22/h1-9,11,24H,(H,25,26). The SMILES string of the molecule is N#Cc1ccccc1NC(=O)c1ccc(Nc2cc(Cl)ccc2Cl)cn1. The van der Waals surface area contributed by atoms with Gasteiger partial charge in [0.05, 0.1) is 33.8 Å². The van der Waals surface area contributed by atoms with Crippen LogP contribution in [0.5, 0.6) is 0 Å². The van der Waals surface area contributed by atoms with Crippen LogP contribution in [0.15, 0.2) is 60.8 Å². The third kappa shape index (κ3) is 4.12. The van der Waals surface area contributed by atoms with Crippen molar-refractivity contribution in [3.05, 3.63) is 82.1 Å². The highest BCUT2D eigenvalue weighted by Gasteiger charge is 2.10. The third-order valence-corrected chi connectivity index (χ3v) is 4.06. The number of hydrogen-bond acceptors (Lipinski definition) is 4. The molecule has 0 bridgehead atoms. The topological polar surface area (TPSA) is 77.8 Å². The molecular weight excluding hydrogens is 371 g/mol. The minimum Gasteiger partial charge on any atom is -0.353 e. The Hall–Kier alpha value is -3.07. The van der Waals surface area contributed by atoms with Gasteiger partial charge in [-0.05, 0) is 42.5 Å². The van der Waals surface area contributed by atoms with Crippen LogP contribution in [0.4, 0.5) is 17.1 Å². The molecule has 5 nitrogen and oxygen atoms in total. The number of nitrogens with zero attached hydrogens (tertiary/aromatic N) is 2. The maximum atomic E-state index is 12.3. The largest absolute Gasteiger partial charge is 0.353 e. The predicted molar refractivity (Wildman–Crippen MR) is 103 cm³/mol. The quantitative estimate of drug-likeness (QED) is 0.645. The van der Waals surface area contributed by atoms with Crippen molar-refractivity contribution >= 4 is 46.2 Å². The zero-order valence-electron chi connectivity index (χ0n) is 13.3. The molecule has 0 aliphatic rings. The summed E-state index contributed by atoms with van der Waals surface area (Å²) in [5, 5.41) is 15.9. The summed E-state index contributed by atoms with van der Waals surface area (Å²) in [7, 11) is 0. The number of aromatic nitrogens is 1. The monoisotopic (exact) mass is 382 g/mol. The van der Waals surface area contributed by atoms with Gasteiger partial charge in [0, 0.05) is 5.02 Å². The lowest BCUT2D eigenvalue weighted by Gasteiger charge is -2.10. The molecule has 2 N–H and O–H groups in total. The lowest BCUT2D eigenvalue weighted by Crippen LogP contribution is -2.14. The molecule has 1 amide bonds. The van der Waals surface area contributed by atoms with Crippen LogP contribution in [0, 0.1) is 11.3 Å². The lowest BCUT2D eigenvalue weighted by atomic mass is 10.2. The van der Waals surface area contributed by atoms with E-state index in [9.17, 15) is 4.79 Å².